The van der Waals surface area contributed by atoms with E-state index in [4.69, 9.17) is 0 Å². The molecule has 72 valence electrons. The van der Waals surface area contributed by atoms with Crippen LogP contribution in [0.25, 0.3) is 10.1 Å². The second kappa shape index (κ2) is 3.37. The fourth-order valence-electron chi connectivity index (χ4n) is 2.16. The second-order valence-corrected chi connectivity index (χ2v) is 4.81. The molecule has 1 saturated heterocycles. The molecule has 0 aliphatic carbocycles. The quantitative estimate of drug-likeness (QED) is 0.749. The van der Waals surface area contributed by atoms with Crippen molar-refractivity contribution in [3.8, 4) is 0 Å². The van der Waals surface area contributed by atoms with E-state index in [0.717, 1.165) is 0 Å². The number of rotatable bonds is 1. The molecule has 1 N–H and O–H groups in total. The van der Waals surface area contributed by atoms with E-state index in [2.05, 4.69) is 35.0 Å². The molecule has 0 unspecified atom stereocenters. The summed E-state index contributed by atoms with van der Waals surface area (Å²) < 4.78 is 1.41. The highest BCUT2D eigenvalue weighted by molar-refractivity contribution is 7.17. The van der Waals surface area contributed by atoms with Crippen LogP contribution >= 0.6 is 11.3 Å². The maximum atomic E-state index is 3.53. The van der Waals surface area contributed by atoms with Gasteiger partial charge in [0.15, 0.2) is 0 Å². The molecule has 1 nitrogen and oxygen atoms in total. The normalized spacial score (nSPS) is 21.9. The maximum absolute atomic E-state index is 3.53. The number of nitrogens with one attached hydrogen (secondary N) is 1. The average molecular weight is 203 g/mol. The van der Waals surface area contributed by atoms with Gasteiger partial charge in [0, 0.05) is 10.7 Å². The topological polar surface area (TPSA) is 12.0 Å². The molecule has 3 rings (SSSR count). The third kappa shape index (κ3) is 1.35. The average Bonchev–Trinajstić information content (AvgIpc) is 2.88. The smallest absolute Gasteiger partial charge is 0.0346 e. The summed E-state index contributed by atoms with van der Waals surface area (Å²) in [6.45, 7) is 1.17. The largest absolute Gasteiger partial charge is 0.310 e. The van der Waals surface area contributed by atoms with E-state index >= 15 is 0 Å². The molecule has 2 aromatic rings. The molecular weight excluding hydrogens is 190 g/mol. The van der Waals surface area contributed by atoms with Crippen LogP contribution in [0.2, 0.25) is 0 Å². The van der Waals surface area contributed by atoms with Crippen LogP contribution in [0.4, 0.5) is 0 Å². The number of thiophene rings is 1. The Morgan fingerprint density at radius 1 is 1.29 bits per heavy atom. The lowest BCUT2D eigenvalue weighted by atomic mass is 10.0. The Morgan fingerprint density at radius 2 is 2.29 bits per heavy atom. The third-order valence-corrected chi connectivity index (χ3v) is 3.82. The first kappa shape index (κ1) is 8.45. The number of hydrogen-bond donors (Lipinski definition) is 1. The highest BCUT2D eigenvalue weighted by atomic mass is 32.1. The first-order valence-electron chi connectivity index (χ1n) is 5.14. The number of benzene rings is 1. The van der Waals surface area contributed by atoms with Crippen molar-refractivity contribution >= 4 is 21.4 Å². The van der Waals surface area contributed by atoms with Crippen molar-refractivity contribution in [2.45, 2.75) is 18.9 Å². The van der Waals surface area contributed by atoms with Gasteiger partial charge in [-0.1, -0.05) is 12.1 Å². The van der Waals surface area contributed by atoms with E-state index < -0.39 is 0 Å². The Hall–Kier alpha value is -0.860. The molecule has 1 fully saturated rings. The van der Waals surface area contributed by atoms with Crippen molar-refractivity contribution in [2.75, 3.05) is 6.54 Å². The predicted octanol–water partition coefficient (Wildman–Crippen LogP) is 3.33. The van der Waals surface area contributed by atoms with Crippen molar-refractivity contribution in [1.82, 2.24) is 5.32 Å². The highest BCUT2D eigenvalue weighted by Crippen LogP contribution is 2.28. The predicted molar refractivity (Wildman–Crippen MR) is 61.8 cm³/mol. The molecule has 2 heteroatoms. The van der Waals surface area contributed by atoms with Crippen molar-refractivity contribution in [3.05, 3.63) is 35.2 Å². The molecule has 1 atom stereocenters. The molecule has 1 aliphatic heterocycles. The van der Waals surface area contributed by atoms with E-state index in [1.54, 1.807) is 0 Å². The first-order valence-corrected chi connectivity index (χ1v) is 6.02. The zero-order valence-electron chi connectivity index (χ0n) is 7.99. The summed E-state index contributed by atoms with van der Waals surface area (Å²) in [5, 5.41) is 7.07. The van der Waals surface area contributed by atoms with E-state index in [-0.39, 0.29) is 0 Å². The van der Waals surface area contributed by atoms with E-state index in [1.165, 1.54) is 35.0 Å². The molecule has 14 heavy (non-hydrogen) atoms. The minimum Gasteiger partial charge on any atom is -0.310 e. The van der Waals surface area contributed by atoms with Crippen LogP contribution in [-0.2, 0) is 0 Å². The van der Waals surface area contributed by atoms with Gasteiger partial charge in [-0.3, -0.25) is 0 Å². The zero-order chi connectivity index (χ0) is 9.38. The third-order valence-electron chi connectivity index (χ3n) is 2.94. The van der Waals surface area contributed by atoms with Gasteiger partial charge in [0.05, 0.1) is 0 Å². The van der Waals surface area contributed by atoms with Gasteiger partial charge in [-0.2, -0.15) is 0 Å². The van der Waals surface area contributed by atoms with Gasteiger partial charge in [0.25, 0.3) is 0 Å². The molecule has 2 heterocycles. The van der Waals surface area contributed by atoms with Gasteiger partial charge < -0.3 is 5.32 Å². The van der Waals surface area contributed by atoms with Crippen LogP contribution in [0, 0.1) is 0 Å². The molecule has 1 aromatic carbocycles. The molecule has 1 aromatic heterocycles. The van der Waals surface area contributed by atoms with Gasteiger partial charge in [-0.05, 0) is 47.8 Å². The van der Waals surface area contributed by atoms with Crippen molar-refractivity contribution in [3.63, 3.8) is 0 Å². The van der Waals surface area contributed by atoms with Crippen molar-refractivity contribution in [2.24, 2.45) is 0 Å². The summed E-state index contributed by atoms with van der Waals surface area (Å²) in [5.41, 5.74) is 1.46. The van der Waals surface area contributed by atoms with Crippen LogP contribution < -0.4 is 5.32 Å². The second-order valence-electron chi connectivity index (χ2n) is 3.87. The maximum Gasteiger partial charge on any atom is 0.0346 e. The molecule has 0 bridgehead atoms. The van der Waals surface area contributed by atoms with E-state index in [9.17, 15) is 0 Å². The van der Waals surface area contributed by atoms with Crippen LogP contribution in [0.5, 0.6) is 0 Å². The summed E-state index contributed by atoms with van der Waals surface area (Å²) in [7, 11) is 0. The first-order chi connectivity index (χ1) is 6.93. The Kier molecular flexibility index (Phi) is 2.03. The number of hydrogen-bond acceptors (Lipinski definition) is 2. The molecule has 0 amide bonds. The van der Waals surface area contributed by atoms with Gasteiger partial charge in [0.1, 0.15) is 0 Å². The Morgan fingerprint density at radius 3 is 3.14 bits per heavy atom. The van der Waals surface area contributed by atoms with Gasteiger partial charge in [-0.15, -0.1) is 11.3 Å². The zero-order valence-corrected chi connectivity index (χ0v) is 8.81. The minimum absolute atomic E-state index is 0.599. The molecule has 0 radical (unpaired) electrons. The Bertz CT molecular complexity index is 440. The molecule has 0 saturated carbocycles. The lowest BCUT2D eigenvalue weighted by molar-refractivity contribution is 0.649. The Balaban J connectivity index is 2.04. The van der Waals surface area contributed by atoms with E-state index in [0.29, 0.717) is 6.04 Å². The van der Waals surface area contributed by atoms with Crippen LogP contribution in [-0.4, -0.2) is 6.54 Å². The summed E-state index contributed by atoms with van der Waals surface area (Å²) in [6, 6.07) is 9.62. The summed E-state index contributed by atoms with van der Waals surface area (Å²) in [5.74, 6) is 0. The molecule has 0 spiro atoms. The van der Waals surface area contributed by atoms with E-state index in [1.807, 2.05) is 11.3 Å². The highest BCUT2D eigenvalue weighted by Gasteiger charge is 2.15. The van der Waals surface area contributed by atoms with Crippen LogP contribution in [0.1, 0.15) is 24.4 Å². The summed E-state index contributed by atoms with van der Waals surface area (Å²) in [6.07, 6.45) is 2.60. The lowest BCUT2D eigenvalue weighted by Gasteiger charge is -2.09. The monoisotopic (exact) mass is 203 g/mol. The minimum atomic E-state index is 0.599. The Labute approximate surface area is 87.8 Å². The molecule has 1 aliphatic rings. The standard InChI is InChI=1S/C12H13NS/c1-2-11(13-6-1)10-4-3-9-5-7-14-12(9)8-10/h3-5,7-8,11,13H,1-2,6H2/t11-/m0/s1. The van der Waals surface area contributed by atoms with Crippen LogP contribution in [0.15, 0.2) is 29.6 Å². The lowest BCUT2D eigenvalue weighted by Crippen LogP contribution is -2.12. The van der Waals surface area contributed by atoms with Gasteiger partial charge >= 0.3 is 0 Å². The SMILES string of the molecule is c1cc2ccc([C@@H]3CCCN3)cc2s1. The fraction of sp³-hybridized carbons (Fsp3) is 0.333. The summed E-state index contributed by atoms with van der Waals surface area (Å²) in [4.78, 5) is 0. The van der Waals surface area contributed by atoms with Crippen molar-refractivity contribution < 1.29 is 0 Å². The molecular formula is C12H13NS. The van der Waals surface area contributed by atoms with Gasteiger partial charge in [0.2, 0.25) is 0 Å². The van der Waals surface area contributed by atoms with Crippen molar-refractivity contribution in [1.29, 1.82) is 0 Å². The van der Waals surface area contributed by atoms with Crippen LogP contribution in [0.3, 0.4) is 0 Å². The summed E-state index contributed by atoms with van der Waals surface area (Å²) >= 11 is 1.83. The van der Waals surface area contributed by atoms with Gasteiger partial charge in [-0.25, -0.2) is 0 Å². The fourth-order valence-corrected chi connectivity index (χ4v) is 2.99. The number of fused-ring (bicyclic) bond motifs is 1.